The summed E-state index contributed by atoms with van der Waals surface area (Å²) in [6, 6.07) is 15.2. The molecule has 1 atom stereocenters. The summed E-state index contributed by atoms with van der Waals surface area (Å²) in [4.78, 5) is 12.1. The molecule has 0 radical (unpaired) electrons. The lowest BCUT2D eigenvalue weighted by atomic mass is 10.1. The molecular formula is C15H13Br2NO. The second kappa shape index (κ2) is 6.35. The maximum Gasteiger partial charge on any atom is 0.251 e. The fourth-order valence-electron chi connectivity index (χ4n) is 1.77. The van der Waals surface area contributed by atoms with Crippen LogP contribution in [-0.2, 0) is 0 Å². The number of nitrogens with one attached hydrogen (secondary N) is 1. The highest BCUT2D eigenvalue weighted by Gasteiger charge is 2.11. The van der Waals surface area contributed by atoms with Gasteiger partial charge in [0.15, 0.2) is 0 Å². The first-order valence-electron chi connectivity index (χ1n) is 5.88. The fraction of sp³-hybridized carbons (Fsp3) is 0.133. The SMILES string of the molecule is CC(NC(=O)c1cccc(Br)c1)c1cccc(Br)c1. The van der Waals surface area contributed by atoms with E-state index in [9.17, 15) is 4.79 Å². The van der Waals surface area contributed by atoms with Crippen molar-refractivity contribution in [2.45, 2.75) is 13.0 Å². The van der Waals surface area contributed by atoms with Gasteiger partial charge in [0.1, 0.15) is 0 Å². The van der Waals surface area contributed by atoms with Crippen molar-refractivity contribution >= 4 is 37.8 Å². The monoisotopic (exact) mass is 381 g/mol. The first kappa shape index (κ1) is 14.3. The molecule has 0 aliphatic carbocycles. The highest BCUT2D eigenvalue weighted by Crippen LogP contribution is 2.19. The predicted molar refractivity (Wildman–Crippen MR) is 84.2 cm³/mol. The molecule has 2 aromatic rings. The van der Waals surface area contributed by atoms with Crippen LogP contribution in [-0.4, -0.2) is 5.91 Å². The third-order valence-electron chi connectivity index (χ3n) is 2.78. The number of carbonyl (C=O) groups excluding carboxylic acids is 1. The van der Waals surface area contributed by atoms with Gasteiger partial charge in [-0.05, 0) is 42.8 Å². The van der Waals surface area contributed by atoms with E-state index in [0.29, 0.717) is 5.56 Å². The summed E-state index contributed by atoms with van der Waals surface area (Å²) in [6.45, 7) is 1.97. The first-order chi connectivity index (χ1) is 9.06. The fourth-order valence-corrected chi connectivity index (χ4v) is 2.59. The maximum atomic E-state index is 12.1. The van der Waals surface area contributed by atoms with Crippen molar-refractivity contribution in [3.63, 3.8) is 0 Å². The second-order valence-electron chi connectivity index (χ2n) is 4.26. The van der Waals surface area contributed by atoms with Gasteiger partial charge in [-0.25, -0.2) is 0 Å². The van der Waals surface area contributed by atoms with Crippen LogP contribution in [0.25, 0.3) is 0 Å². The van der Waals surface area contributed by atoms with E-state index in [-0.39, 0.29) is 11.9 Å². The minimum atomic E-state index is -0.0752. The van der Waals surface area contributed by atoms with Crippen LogP contribution in [0.15, 0.2) is 57.5 Å². The molecule has 0 fully saturated rings. The highest BCUT2D eigenvalue weighted by molar-refractivity contribution is 9.10. The third kappa shape index (κ3) is 3.91. The number of amides is 1. The Bertz CT molecular complexity index is 598. The van der Waals surface area contributed by atoms with Gasteiger partial charge in [0, 0.05) is 14.5 Å². The van der Waals surface area contributed by atoms with Gasteiger partial charge >= 0.3 is 0 Å². The standard InChI is InChI=1S/C15H13Br2NO/c1-10(11-4-2-6-13(16)8-11)18-15(19)12-5-3-7-14(17)9-12/h2-10H,1H3,(H,18,19). The van der Waals surface area contributed by atoms with Crippen molar-refractivity contribution in [1.29, 1.82) is 0 Å². The van der Waals surface area contributed by atoms with Crippen LogP contribution >= 0.6 is 31.9 Å². The minimum Gasteiger partial charge on any atom is -0.346 e. The Morgan fingerprint density at radius 1 is 1.05 bits per heavy atom. The summed E-state index contributed by atoms with van der Waals surface area (Å²) in [6.07, 6.45) is 0. The predicted octanol–water partition coefficient (Wildman–Crippen LogP) is 4.70. The number of benzene rings is 2. The smallest absolute Gasteiger partial charge is 0.251 e. The number of hydrogen-bond donors (Lipinski definition) is 1. The Balaban J connectivity index is 2.11. The van der Waals surface area contributed by atoms with Crippen molar-refractivity contribution in [1.82, 2.24) is 5.32 Å². The number of hydrogen-bond acceptors (Lipinski definition) is 1. The molecule has 0 aromatic heterocycles. The molecule has 0 bridgehead atoms. The van der Waals surface area contributed by atoms with Crippen LogP contribution in [0, 0.1) is 0 Å². The lowest BCUT2D eigenvalue weighted by molar-refractivity contribution is 0.0940. The van der Waals surface area contributed by atoms with Crippen molar-refractivity contribution in [3.8, 4) is 0 Å². The van der Waals surface area contributed by atoms with Crippen LogP contribution in [0.2, 0.25) is 0 Å². The lowest BCUT2D eigenvalue weighted by Crippen LogP contribution is -2.26. The summed E-state index contributed by atoms with van der Waals surface area (Å²) in [5.74, 6) is -0.0752. The molecule has 2 rings (SSSR count). The molecule has 2 aromatic carbocycles. The van der Waals surface area contributed by atoms with Crippen molar-refractivity contribution < 1.29 is 4.79 Å². The molecule has 0 aliphatic rings. The molecule has 0 saturated carbocycles. The summed E-state index contributed by atoms with van der Waals surface area (Å²) >= 11 is 6.80. The van der Waals surface area contributed by atoms with Crippen LogP contribution in [0.1, 0.15) is 28.9 Å². The lowest BCUT2D eigenvalue weighted by Gasteiger charge is -2.14. The van der Waals surface area contributed by atoms with Gasteiger partial charge < -0.3 is 5.32 Å². The Kier molecular flexibility index (Phi) is 4.77. The van der Waals surface area contributed by atoms with Gasteiger partial charge in [-0.15, -0.1) is 0 Å². The van der Waals surface area contributed by atoms with E-state index in [2.05, 4.69) is 37.2 Å². The maximum absolute atomic E-state index is 12.1. The van der Waals surface area contributed by atoms with Crippen LogP contribution < -0.4 is 5.32 Å². The van der Waals surface area contributed by atoms with Crippen LogP contribution in [0.3, 0.4) is 0 Å². The van der Waals surface area contributed by atoms with E-state index in [1.807, 2.05) is 49.4 Å². The van der Waals surface area contributed by atoms with E-state index < -0.39 is 0 Å². The van der Waals surface area contributed by atoms with E-state index >= 15 is 0 Å². The third-order valence-corrected chi connectivity index (χ3v) is 3.77. The quantitative estimate of drug-likeness (QED) is 0.818. The Morgan fingerprint density at radius 3 is 2.32 bits per heavy atom. The molecule has 1 N–H and O–H groups in total. The molecule has 98 valence electrons. The van der Waals surface area contributed by atoms with Crippen LogP contribution in [0.4, 0.5) is 0 Å². The minimum absolute atomic E-state index is 0.0380. The zero-order valence-corrected chi connectivity index (χ0v) is 13.5. The molecule has 0 saturated heterocycles. The van der Waals surface area contributed by atoms with Gasteiger partial charge in [-0.3, -0.25) is 4.79 Å². The van der Waals surface area contributed by atoms with Gasteiger partial charge in [0.25, 0.3) is 5.91 Å². The average molecular weight is 383 g/mol. The largest absolute Gasteiger partial charge is 0.346 e. The molecule has 0 heterocycles. The highest BCUT2D eigenvalue weighted by atomic mass is 79.9. The van der Waals surface area contributed by atoms with Gasteiger partial charge in [-0.1, -0.05) is 50.1 Å². The Hall–Kier alpha value is -1.13. The number of halogens is 2. The average Bonchev–Trinajstić information content (AvgIpc) is 2.38. The first-order valence-corrected chi connectivity index (χ1v) is 7.47. The topological polar surface area (TPSA) is 29.1 Å². The summed E-state index contributed by atoms with van der Waals surface area (Å²) in [5, 5.41) is 2.99. The zero-order chi connectivity index (χ0) is 13.8. The summed E-state index contributed by atoms with van der Waals surface area (Å²) in [5.41, 5.74) is 1.72. The van der Waals surface area contributed by atoms with E-state index in [1.165, 1.54) is 0 Å². The van der Waals surface area contributed by atoms with Crippen molar-refractivity contribution in [2.24, 2.45) is 0 Å². The van der Waals surface area contributed by atoms with Gasteiger partial charge in [0.2, 0.25) is 0 Å². The molecule has 19 heavy (non-hydrogen) atoms. The van der Waals surface area contributed by atoms with E-state index in [1.54, 1.807) is 6.07 Å². The summed E-state index contributed by atoms with van der Waals surface area (Å²) in [7, 11) is 0. The molecule has 1 amide bonds. The van der Waals surface area contributed by atoms with Crippen molar-refractivity contribution in [2.75, 3.05) is 0 Å². The molecule has 4 heteroatoms. The van der Waals surface area contributed by atoms with Crippen LogP contribution in [0.5, 0.6) is 0 Å². The Morgan fingerprint density at radius 2 is 1.68 bits per heavy atom. The second-order valence-corrected chi connectivity index (χ2v) is 6.09. The number of rotatable bonds is 3. The van der Waals surface area contributed by atoms with Gasteiger partial charge in [-0.2, -0.15) is 0 Å². The zero-order valence-electron chi connectivity index (χ0n) is 10.4. The Labute approximate surface area is 129 Å². The molecule has 1 unspecified atom stereocenters. The number of carbonyl (C=O) groups is 1. The molecule has 2 nitrogen and oxygen atoms in total. The van der Waals surface area contributed by atoms with E-state index in [4.69, 9.17) is 0 Å². The summed E-state index contributed by atoms with van der Waals surface area (Å²) < 4.78 is 1.91. The van der Waals surface area contributed by atoms with Gasteiger partial charge in [0.05, 0.1) is 6.04 Å². The molecule has 0 spiro atoms. The molecule has 0 aliphatic heterocycles. The van der Waals surface area contributed by atoms with Crippen molar-refractivity contribution in [3.05, 3.63) is 68.6 Å². The van der Waals surface area contributed by atoms with E-state index in [0.717, 1.165) is 14.5 Å². The molecular weight excluding hydrogens is 370 g/mol. The normalized spacial score (nSPS) is 11.9.